The highest BCUT2D eigenvalue weighted by Gasteiger charge is 2.15. The van der Waals surface area contributed by atoms with Crippen molar-refractivity contribution < 1.29 is 4.39 Å². The van der Waals surface area contributed by atoms with Crippen LogP contribution in [0, 0.1) is 5.82 Å². The Morgan fingerprint density at radius 2 is 1.61 bits per heavy atom. The lowest BCUT2D eigenvalue weighted by Crippen LogP contribution is -2.24. The molecule has 23 heavy (non-hydrogen) atoms. The van der Waals surface area contributed by atoms with Crippen LogP contribution in [0.4, 0.5) is 4.39 Å². The number of aromatic nitrogens is 1. The fourth-order valence-corrected chi connectivity index (χ4v) is 2.63. The van der Waals surface area contributed by atoms with Crippen LogP contribution in [0.3, 0.4) is 0 Å². The molecule has 1 aromatic heterocycles. The molecule has 0 aliphatic heterocycles. The van der Waals surface area contributed by atoms with Gasteiger partial charge in [0.2, 0.25) is 0 Å². The van der Waals surface area contributed by atoms with E-state index in [0.29, 0.717) is 12.1 Å². The van der Waals surface area contributed by atoms with E-state index in [-0.39, 0.29) is 11.9 Å². The predicted molar refractivity (Wildman–Crippen MR) is 90.4 cm³/mol. The highest BCUT2D eigenvalue weighted by atomic mass is 19.1. The van der Waals surface area contributed by atoms with Crippen molar-refractivity contribution in [2.75, 3.05) is 0 Å². The molecule has 0 saturated carbocycles. The number of hydrogen-bond acceptors (Lipinski definition) is 2. The van der Waals surface area contributed by atoms with Gasteiger partial charge in [0.1, 0.15) is 5.82 Å². The highest BCUT2D eigenvalue weighted by molar-refractivity contribution is 5.25. The van der Waals surface area contributed by atoms with Gasteiger partial charge in [0.25, 0.3) is 0 Å². The summed E-state index contributed by atoms with van der Waals surface area (Å²) in [4.78, 5) is 4.32. The Hall–Kier alpha value is -2.52. The van der Waals surface area contributed by atoms with Crippen LogP contribution in [0.2, 0.25) is 0 Å². The Kier molecular flexibility index (Phi) is 5.12. The molecule has 3 aromatic rings. The first-order chi connectivity index (χ1) is 11.3. The van der Waals surface area contributed by atoms with Crippen molar-refractivity contribution >= 4 is 0 Å². The van der Waals surface area contributed by atoms with Crippen LogP contribution in [0.1, 0.15) is 22.9 Å². The second-order valence-corrected chi connectivity index (χ2v) is 5.47. The van der Waals surface area contributed by atoms with Gasteiger partial charge in [0, 0.05) is 24.3 Å². The Labute approximate surface area is 136 Å². The lowest BCUT2D eigenvalue weighted by molar-refractivity contribution is 0.493. The van der Waals surface area contributed by atoms with E-state index < -0.39 is 0 Å². The van der Waals surface area contributed by atoms with Crippen molar-refractivity contribution in [2.24, 2.45) is 0 Å². The van der Waals surface area contributed by atoms with E-state index in [9.17, 15) is 4.39 Å². The molecule has 0 saturated heterocycles. The minimum absolute atomic E-state index is 0.0967. The Morgan fingerprint density at radius 1 is 0.870 bits per heavy atom. The van der Waals surface area contributed by atoms with Crippen LogP contribution in [0.15, 0.2) is 79.0 Å². The van der Waals surface area contributed by atoms with Crippen molar-refractivity contribution in [3.8, 4) is 0 Å². The Morgan fingerprint density at radius 3 is 2.35 bits per heavy atom. The van der Waals surface area contributed by atoms with Crippen molar-refractivity contribution in [1.29, 1.82) is 0 Å². The molecule has 0 bridgehead atoms. The lowest BCUT2D eigenvalue weighted by Gasteiger charge is -2.20. The molecule has 2 aromatic carbocycles. The summed E-state index contributed by atoms with van der Waals surface area (Å²) >= 11 is 0. The quantitative estimate of drug-likeness (QED) is 0.734. The zero-order chi connectivity index (χ0) is 15.9. The Balaban J connectivity index is 1.80. The number of rotatable bonds is 6. The molecule has 116 valence electrons. The largest absolute Gasteiger partial charge is 0.304 e. The third-order valence-corrected chi connectivity index (χ3v) is 3.82. The molecule has 1 N–H and O–H groups in total. The molecule has 3 rings (SSSR count). The van der Waals surface area contributed by atoms with Gasteiger partial charge in [-0.25, -0.2) is 4.39 Å². The van der Waals surface area contributed by atoms with E-state index in [1.807, 2.05) is 48.5 Å². The Bertz CT molecular complexity index is 729. The third-order valence-electron chi connectivity index (χ3n) is 3.82. The summed E-state index contributed by atoms with van der Waals surface area (Å²) in [6.07, 6.45) is 2.50. The van der Waals surface area contributed by atoms with E-state index in [0.717, 1.165) is 12.1 Å². The molecule has 1 heterocycles. The molecular weight excluding hydrogens is 287 g/mol. The maximum atomic E-state index is 14.2. The highest BCUT2D eigenvalue weighted by Crippen LogP contribution is 2.21. The summed E-state index contributed by atoms with van der Waals surface area (Å²) in [6, 6.07) is 22.8. The molecule has 0 spiro atoms. The maximum Gasteiger partial charge on any atom is 0.127 e. The van der Waals surface area contributed by atoms with E-state index in [1.165, 1.54) is 11.6 Å². The number of nitrogens with one attached hydrogen (secondary N) is 1. The van der Waals surface area contributed by atoms with Gasteiger partial charge in [-0.1, -0.05) is 54.6 Å². The van der Waals surface area contributed by atoms with Crippen LogP contribution in [-0.4, -0.2) is 4.98 Å². The van der Waals surface area contributed by atoms with Crippen LogP contribution in [0.25, 0.3) is 0 Å². The normalized spacial score (nSPS) is 12.0. The second-order valence-electron chi connectivity index (χ2n) is 5.47. The average Bonchev–Trinajstić information content (AvgIpc) is 2.61. The topological polar surface area (TPSA) is 24.9 Å². The third kappa shape index (κ3) is 4.24. The summed E-state index contributed by atoms with van der Waals surface area (Å²) in [7, 11) is 0. The zero-order valence-electron chi connectivity index (χ0n) is 12.8. The summed E-state index contributed by atoms with van der Waals surface area (Å²) in [5.41, 5.74) is 2.81. The zero-order valence-corrected chi connectivity index (χ0v) is 12.8. The first-order valence-electron chi connectivity index (χ1n) is 7.74. The summed E-state index contributed by atoms with van der Waals surface area (Å²) < 4.78 is 14.2. The van der Waals surface area contributed by atoms with Gasteiger partial charge in [0.05, 0.1) is 5.69 Å². The van der Waals surface area contributed by atoms with E-state index in [4.69, 9.17) is 0 Å². The molecule has 1 unspecified atom stereocenters. The number of pyridine rings is 1. The number of nitrogens with zero attached hydrogens (tertiary/aromatic N) is 1. The number of hydrogen-bond donors (Lipinski definition) is 1. The maximum absolute atomic E-state index is 14.2. The minimum Gasteiger partial charge on any atom is -0.304 e. The molecule has 0 aliphatic carbocycles. The van der Waals surface area contributed by atoms with Crippen LogP contribution in [0.5, 0.6) is 0 Å². The van der Waals surface area contributed by atoms with Crippen molar-refractivity contribution in [2.45, 2.75) is 19.0 Å². The fraction of sp³-hybridized carbons (Fsp3) is 0.150. The van der Waals surface area contributed by atoms with Crippen molar-refractivity contribution in [1.82, 2.24) is 10.3 Å². The van der Waals surface area contributed by atoms with Crippen molar-refractivity contribution in [3.05, 3.63) is 102 Å². The molecular formula is C20H19FN2. The monoisotopic (exact) mass is 306 g/mol. The van der Waals surface area contributed by atoms with Crippen LogP contribution in [-0.2, 0) is 13.0 Å². The first-order valence-corrected chi connectivity index (χ1v) is 7.74. The van der Waals surface area contributed by atoms with Crippen LogP contribution >= 0.6 is 0 Å². The molecule has 2 nitrogen and oxygen atoms in total. The molecule has 0 aliphatic rings. The van der Waals surface area contributed by atoms with E-state index in [1.54, 1.807) is 12.3 Å². The summed E-state index contributed by atoms with van der Waals surface area (Å²) in [5.74, 6) is -0.179. The predicted octanol–water partition coefficient (Wildman–Crippen LogP) is 4.29. The standard InChI is InChI=1S/C20H19FN2/c21-19-12-5-4-11-18(19)20(14-16-8-2-1-3-9-16)23-15-17-10-6-7-13-22-17/h1-13,20,23H,14-15H2. The summed E-state index contributed by atoms with van der Waals surface area (Å²) in [6.45, 7) is 0.604. The smallest absolute Gasteiger partial charge is 0.127 e. The van der Waals surface area contributed by atoms with Gasteiger partial charge < -0.3 is 5.32 Å². The number of benzene rings is 2. The van der Waals surface area contributed by atoms with Crippen LogP contribution < -0.4 is 5.32 Å². The SMILES string of the molecule is Fc1ccccc1C(Cc1ccccc1)NCc1ccccn1. The molecule has 0 radical (unpaired) electrons. The van der Waals surface area contributed by atoms with Gasteiger partial charge in [-0.15, -0.1) is 0 Å². The molecule has 3 heteroatoms. The van der Waals surface area contributed by atoms with Crippen molar-refractivity contribution in [3.63, 3.8) is 0 Å². The van der Waals surface area contributed by atoms with Gasteiger partial charge in [-0.2, -0.15) is 0 Å². The molecule has 1 atom stereocenters. The minimum atomic E-state index is -0.179. The lowest BCUT2D eigenvalue weighted by atomic mass is 9.98. The van der Waals surface area contributed by atoms with Gasteiger partial charge in [-0.05, 0) is 30.2 Å². The summed E-state index contributed by atoms with van der Waals surface area (Å²) in [5, 5.41) is 3.44. The van der Waals surface area contributed by atoms with Gasteiger partial charge in [-0.3, -0.25) is 4.98 Å². The second kappa shape index (κ2) is 7.65. The van der Waals surface area contributed by atoms with Gasteiger partial charge >= 0.3 is 0 Å². The molecule has 0 fully saturated rings. The van der Waals surface area contributed by atoms with E-state index >= 15 is 0 Å². The first kappa shape index (κ1) is 15.4. The van der Waals surface area contributed by atoms with E-state index in [2.05, 4.69) is 22.4 Å². The molecule has 0 amide bonds. The number of halogens is 1. The van der Waals surface area contributed by atoms with Gasteiger partial charge in [0.15, 0.2) is 0 Å². The fourth-order valence-electron chi connectivity index (χ4n) is 2.63. The average molecular weight is 306 g/mol.